The molecule has 0 fully saturated rings. The number of hydrogen-bond donors (Lipinski definition) is 3. The summed E-state index contributed by atoms with van der Waals surface area (Å²) >= 11 is 0. The Morgan fingerprint density at radius 3 is 2.26 bits per heavy atom. The van der Waals surface area contributed by atoms with Gasteiger partial charge in [0.2, 0.25) is 0 Å². The van der Waals surface area contributed by atoms with E-state index in [1.165, 1.54) is 0 Å². The molecule has 3 N–H and O–H groups in total. The van der Waals surface area contributed by atoms with Gasteiger partial charge in [-0.3, -0.25) is 9.59 Å². The van der Waals surface area contributed by atoms with E-state index >= 15 is 0 Å². The third-order valence-electron chi connectivity index (χ3n) is 2.87. The zero-order valence-corrected chi connectivity index (χ0v) is 11.3. The van der Waals surface area contributed by atoms with Crippen molar-refractivity contribution < 1.29 is 14.7 Å². The third-order valence-corrected chi connectivity index (χ3v) is 2.87. The van der Waals surface area contributed by atoms with E-state index in [9.17, 15) is 9.59 Å². The molecule has 1 rings (SSSR count). The van der Waals surface area contributed by atoms with Crippen LogP contribution >= 0.6 is 0 Å². The smallest absolute Gasteiger partial charge is 0.313 e. The van der Waals surface area contributed by atoms with Crippen molar-refractivity contribution in [2.45, 2.75) is 32.7 Å². The second kappa shape index (κ2) is 7.53. The summed E-state index contributed by atoms with van der Waals surface area (Å²) in [6.45, 7) is 3.68. The number of aliphatic hydroxyl groups is 1. The Hall–Kier alpha value is -1.88. The number of nitrogens with one attached hydrogen (secondary N) is 2. The van der Waals surface area contributed by atoms with E-state index in [0.29, 0.717) is 12.1 Å². The summed E-state index contributed by atoms with van der Waals surface area (Å²) < 4.78 is 0. The Morgan fingerprint density at radius 1 is 1.16 bits per heavy atom. The molecule has 1 atom stereocenters. The highest BCUT2D eigenvalue weighted by molar-refractivity contribution is 6.39. The standard InChI is InChI=1S/C14H20N2O3/c1-3-10-5-7-12(8-6-10)16-14(19)13(18)15-11(4-2)9-17/h5-8,11,17H,3-4,9H2,1-2H3,(H,15,18)(H,16,19)/t11-/m0/s1. The van der Waals surface area contributed by atoms with E-state index in [1.807, 2.05) is 26.0 Å². The average Bonchev–Trinajstić information content (AvgIpc) is 2.45. The molecule has 5 nitrogen and oxygen atoms in total. The molecule has 5 heteroatoms. The number of carbonyl (C=O) groups excluding carboxylic acids is 2. The highest BCUT2D eigenvalue weighted by atomic mass is 16.3. The molecule has 19 heavy (non-hydrogen) atoms. The van der Waals surface area contributed by atoms with Crippen molar-refractivity contribution in [2.24, 2.45) is 0 Å². The second-order valence-electron chi connectivity index (χ2n) is 4.27. The number of anilines is 1. The van der Waals surface area contributed by atoms with Gasteiger partial charge in [0.15, 0.2) is 0 Å². The third kappa shape index (κ3) is 4.71. The molecule has 0 aliphatic rings. The second-order valence-corrected chi connectivity index (χ2v) is 4.27. The van der Waals surface area contributed by atoms with Gasteiger partial charge in [-0.15, -0.1) is 0 Å². The summed E-state index contributed by atoms with van der Waals surface area (Å²) in [5.74, 6) is -1.46. The lowest BCUT2D eigenvalue weighted by Crippen LogP contribution is -2.43. The molecule has 104 valence electrons. The van der Waals surface area contributed by atoms with E-state index in [2.05, 4.69) is 10.6 Å². The minimum absolute atomic E-state index is 0.180. The maximum absolute atomic E-state index is 11.6. The zero-order chi connectivity index (χ0) is 14.3. The summed E-state index contributed by atoms with van der Waals surface area (Å²) in [7, 11) is 0. The first-order valence-corrected chi connectivity index (χ1v) is 6.42. The van der Waals surface area contributed by atoms with Gasteiger partial charge in [-0.1, -0.05) is 26.0 Å². The number of rotatable bonds is 5. The van der Waals surface area contributed by atoms with Crippen molar-refractivity contribution in [1.82, 2.24) is 5.32 Å². The molecule has 2 amide bonds. The molecule has 1 aromatic carbocycles. The lowest BCUT2D eigenvalue weighted by Gasteiger charge is -2.13. The predicted octanol–water partition coefficient (Wildman–Crippen LogP) is 1.07. The topological polar surface area (TPSA) is 78.4 Å². The normalized spacial score (nSPS) is 11.7. The zero-order valence-electron chi connectivity index (χ0n) is 11.3. The average molecular weight is 264 g/mol. The molecule has 0 heterocycles. The SMILES string of the molecule is CCc1ccc(NC(=O)C(=O)N[C@@H](CC)CO)cc1. The van der Waals surface area contributed by atoms with Gasteiger partial charge in [0.05, 0.1) is 12.6 Å². The van der Waals surface area contributed by atoms with Gasteiger partial charge in [0.25, 0.3) is 0 Å². The summed E-state index contributed by atoms with van der Waals surface area (Å²) in [5.41, 5.74) is 1.74. The summed E-state index contributed by atoms with van der Waals surface area (Å²) in [6.07, 6.45) is 1.49. The molecule has 0 bridgehead atoms. The van der Waals surface area contributed by atoms with Gasteiger partial charge in [-0.2, -0.15) is 0 Å². The van der Waals surface area contributed by atoms with Gasteiger partial charge >= 0.3 is 11.8 Å². The molecule has 1 aromatic rings. The Balaban J connectivity index is 2.55. The molecular formula is C14H20N2O3. The molecule has 0 spiro atoms. The Bertz CT molecular complexity index is 425. The molecular weight excluding hydrogens is 244 g/mol. The van der Waals surface area contributed by atoms with Crippen molar-refractivity contribution in [2.75, 3.05) is 11.9 Å². The summed E-state index contributed by atoms with van der Waals surface area (Å²) in [4.78, 5) is 23.2. The maximum atomic E-state index is 11.6. The van der Waals surface area contributed by atoms with Gasteiger partial charge in [-0.05, 0) is 30.5 Å². The van der Waals surface area contributed by atoms with Gasteiger partial charge in [0, 0.05) is 5.69 Å². The number of carbonyl (C=O) groups is 2. The number of benzene rings is 1. The molecule has 0 aromatic heterocycles. The Labute approximate surface area is 113 Å². The van der Waals surface area contributed by atoms with E-state index in [1.54, 1.807) is 12.1 Å². The van der Waals surface area contributed by atoms with Crippen LogP contribution in [-0.4, -0.2) is 29.6 Å². The van der Waals surface area contributed by atoms with E-state index in [-0.39, 0.29) is 12.6 Å². The molecule has 0 aliphatic carbocycles. The van der Waals surface area contributed by atoms with Crippen LogP contribution < -0.4 is 10.6 Å². The lowest BCUT2D eigenvalue weighted by molar-refractivity contribution is -0.136. The largest absolute Gasteiger partial charge is 0.394 e. The fourth-order valence-corrected chi connectivity index (χ4v) is 1.54. The monoisotopic (exact) mass is 264 g/mol. The van der Waals surface area contributed by atoms with Gasteiger partial charge in [0.1, 0.15) is 0 Å². The first kappa shape index (κ1) is 15.2. The first-order chi connectivity index (χ1) is 9.10. The molecule has 0 aliphatic heterocycles. The fraction of sp³-hybridized carbons (Fsp3) is 0.429. The highest BCUT2D eigenvalue weighted by Crippen LogP contribution is 2.09. The minimum Gasteiger partial charge on any atom is -0.394 e. The quantitative estimate of drug-likeness (QED) is 0.696. The highest BCUT2D eigenvalue weighted by Gasteiger charge is 2.17. The van der Waals surface area contributed by atoms with E-state index in [4.69, 9.17) is 5.11 Å². The van der Waals surface area contributed by atoms with Crippen LogP contribution in [-0.2, 0) is 16.0 Å². The van der Waals surface area contributed by atoms with Crippen molar-refractivity contribution in [3.63, 3.8) is 0 Å². The van der Waals surface area contributed by atoms with Crippen LogP contribution in [0.15, 0.2) is 24.3 Å². The molecule has 0 unspecified atom stereocenters. The Morgan fingerprint density at radius 2 is 1.79 bits per heavy atom. The fourth-order valence-electron chi connectivity index (χ4n) is 1.54. The van der Waals surface area contributed by atoms with Crippen LogP contribution in [0, 0.1) is 0 Å². The minimum atomic E-state index is -0.736. The summed E-state index contributed by atoms with van der Waals surface area (Å²) in [6, 6.07) is 6.92. The van der Waals surface area contributed by atoms with Crippen LogP contribution in [0.1, 0.15) is 25.8 Å². The van der Waals surface area contributed by atoms with Crippen LogP contribution in [0.3, 0.4) is 0 Å². The Kier molecular flexibility index (Phi) is 6.02. The number of aryl methyl sites for hydroxylation is 1. The van der Waals surface area contributed by atoms with Crippen LogP contribution in [0.2, 0.25) is 0 Å². The molecule has 0 saturated heterocycles. The molecule has 0 saturated carbocycles. The van der Waals surface area contributed by atoms with Crippen LogP contribution in [0.4, 0.5) is 5.69 Å². The van der Waals surface area contributed by atoms with Crippen molar-refractivity contribution in [3.8, 4) is 0 Å². The summed E-state index contributed by atoms with van der Waals surface area (Å²) in [5, 5.41) is 13.9. The van der Waals surface area contributed by atoms with Crippen LogP contribution in [0.25, 0.3) is 0 Å². The van der Waals surface area contributed by atoms with Crippen molar-refractivity contribution in [1.29, 1.82) is 0 Å². The lowest BCUT2D eigenvalue weighted by atomic mass is 10.1. The van der Waals surface area contributed by atoms with Gasteiger partial charge in [-0.25, -0.2) is 0 Å². The van der Waals surface area contributed by atoms with E-state index in [0.717, 1.165) is 12.0 Å². The predicted molar refractivity (Wildman–Crippen MR) is 73.8 cm³/mol. The number of amides is 2. The molecule has 0 radical (unpaired) electrons. The van der Waals surface area contributed by atoms with E-state index < -0.39 is 11.8 Å². The number of aliphatic hydroxyl groups excluding tert-OH is 1. The number of hydrogen-bond acceptors (Lipinski definition) is 3. The van der Waals surface area contributed by atoms with Crippen molar-refractivity contribution >= 4 is 17.5 Å². The van der Waals surface area contributed by atoms with Crippen LogP contribution in [0.5, 0.6) is 0 Å². The maximum Gasteiger partial charge on any atom is 0.313 e. The van der Waals surface area contributed by atoms with Crippen molar-refractivity contribution in [3.05, 3.63) is 29.8 Å². The first-order valence-electron chi connectivity index (χ1n) is 6.42. The van der Waals surface area contributed by atoms with Gasteiger partial charge < -0.3 is 15.7 Å².